The van der Waals surface area contributed by atoms with Gasteiger partial charge in [0.15, 0.2) is 0 Å². The van der Waals surface area contributed by atoms with E-state index >= 15 is 0 Å². The second kappa shape index (κ2) is 7.79. The third kappa shape index (κ3) is 11.5. The molecule has 10 heavy (non-hydrogen) atoms. The van der Waals surface area contributed by atoms with Gasteiger partial charge in [-0.05, 0) is 0 Å². The zero-order chi connectivity index (χ0) is 6.08. The van der Waals surface area contributed by atoms with E-state index in [2.05, 4.69) is 34.6 Å². The SMILES string of the molecule is C.C.C[C-](C)C(C)(C)C.[W]. The summed E-state index contributed by atoms with van der Waals surface area (Å²) in [6.07, 6.45) is 0. The Morgan fingerprint density at radius 3 is 1.00 bits per heavy atom. The Bertz CT molecular complexity index is 50.2. The van der Waals surface area contributed by atoms with E-state index in [0.717, 1.165) is 0 Å². The van der Waals surface area contributed by atoms with Gasteiger partial charge in [0.05, 0.1) is 0 Å². The Morgan fingerprint density at radius 1 is 0.900 bits per heavy atom. The molecular formula is C9H23W-. The van der Waals surface area contributed by atoms with Gasteiger partial charge < -0.3 is 5.92 Å². The van der Waals surface area contributed by atoms with E-state index in [1.54, 1.807) is 0 Å². The summed E-state index contributed by atoms with van der Waals surface area (Å²) in [6, 6.07) is 0. The van der Waals surface area contributed by atoms with Crippen molar-refractivity contribution in [2.75, 3.05) is 0 Å². The molecule has 0 aromatic carbocycles. The molecular weight excluding hydrogens is 292 g/mol. The third-order valence-electron chi connectivity index (χ3n) is 1.50. The Balaban J connectivity index is -0.0000000600. The van der Waals surface area contributed by atoms with Crippen molar-refractivity contribution < 1.29 is 21.1 Å². The fourth-order valence-electron chi connectivity index (χ4n) is 0. The summed E-state index contributed by atoms with van der Waals surface area (Å²) in [6.45, 7) is 11.0. The monoisotopic (exact) mass is 315 g/mol. The number of hydrogen-bond donors (Lipinski definition) is 0. The van der Waals surface area contributed by atoms with Gasteiger partial charge >= 0.3 is 0 Å². The van der Waals surface area contributed by atoms with E-state index in [1.807, 2.05) is 0 Å². The topological polar surface area (TPSA) is 0 Å². The minimum absolute atomic E-state index is 0. The van der Waals surface area contributed by atoms with Crippen molar-refractivity contribution in [1.82, 2.24) is 0 Å². The molecule has 0 nitrogen and oxygen atoms in total. The maximum Gasteiger partial charge on any atom is 0 e. The van der Waals surface area contributed by atoms with Crippen molar-refractivity contribution in [3.8, 4) is 0 Å². The van der Waals surface area contributed by atoms with Crippen LogP contribution in [-0.2, 0) is 21.1 Å². The Labute approximate surface area is 82.1 Å². The molecule has 0 fully saturated rings. The van der Waals surface area contributed by atoms with Gasteiger partial charge in [-0.2, -0.15) is 19.3 Å². The molecule has 0 amide bonds. The van der Waals surface area contributed by atoms with Crippen LogP contribution in [0.3, 0.4) is 0 Å². The summed E-state index contributed by atoms with van der Waals surface area (Å²) in [5.74, 6) is 1.49. The zero-order valence-corrected chi connectivity index (χ0v) is 9.34. The first-order valence-electron chi connectivity index (χ1n) is 2.75. The maximum atomic E-state index is 2.22. The molecule has 0 aliphatic carbocycles. The molecule has 0 heterocycles. The van der Waals surface area contributed by atoms with Crippen molar-refractivity contribution in [2.45, 2.75) is 49.5 Å². The van der Waals surface area contributed by atoms with E-state index in [0.29, 0.717) is 5.41 Å². The van der Waals surface area contributed by atoms with Crippen LogP contribution in [0.5, 0.6) is 0 Å². The van der Waals surface area contributed by atoms with Crippen LogP contribution in [-0.4, -0.2) is 0 Å². The molecule has 0 aromatic heterocycles. The van der Waals surface area contributed by atoms with Crippen molar-refractivity contribution >= 4 is 0 Å². The summed E-state index contributed by atoms with van der Waals surface area (Å²) in [5, 5.41) is 0. The van der Waals surface area contributed by atoms with Crippen molar-refractivity contribution in [2.24, 2.45) is 5.41 Å². The molecule has 0 aliphatic heterocycles. The molecule has 0 atom stereocenters. The molecule has 0 bridgehead atoms. The fourth-order valence-corrected chi connectivity index (χ4v) is 0. The van der Waals surface area contributed by atoms with Crippen molar-refractivity contribution in [3.63, 3.8) is 0 Å². The summed E-state index contributed by atoms with van der Waals surface area (Å²) >= 11 is 0. The van der Waals surface area contributed by atoms with Crippen LogP contribution in [0, 0.1) is 11.3 Å². The minimum Gasteiger partial charge on any atom is -0.314 e. The second-order valence-corrected chi connectivity index (χ2v) is 3.25. The number of rotatable bonds is 0. The second-order valence-electron chi connectivity index (χ2n) is 3.25. The molecule has 1 heteroatoms. The van der Waals surface area contributed by atoms with Crippen LogP contribution >= 0.6 is 0 Å². The largest absolute Gasteiger partial charge is 0.314 e. The van der Waals surface area contributed by atoms with Crippen LogP contribution < -0.4 is 0 Å². The van der Waals surface area contributed by atoms with Crippen LogP contribution in [0.2, 0.25) is 0 Å². The zero-order valence-electron chi connectivity index (χ0n) is 6.41. The van der Waals surface area contributed by atoms with Gasteiger partial charge in [-0.3, -0.25) is 0 Å². The van der Waals surface area contributed by atoms with Gasteiger partial charge in [0.1, 0.15) is 0 Å². The summed E-state index contributed by atoms with van der Waals surface area (Å²) in [7, 11) is 0. The molecule has 0 saturated heterocycles. The molecule has 0 saturated carbocycles. The number of hydrogen-bond acceptors (Lipinski definition) is 0. The first-order valence-corrected chi connectivity index (χ1v) is 2.75. The quantitative estimate of drug-likeness (QED) is 0.595. The molecule has 0 N–H and O–H groups in total. The van der Waals surface area contributed by atoms with Crippen molar-refractivity contribution in [3.05, 3.63) is 5.92 Å². The van der Waals surface area contributed by atoms with Gasteiger partial charge in [-0.15, -0.1) is 0 Å². The molecule has 0 spiro atoms. The molecule has 0 radical (unpaired) electrons. The first kappa shape index (κ1) is 22.4. The van der Waals surface area contributed by atoms with E-state index in [4.69, 9.17) is 0 Å². The summed E-state index contributed by atoms with van der Waals surface area (Å²) in [4.78, 5) is 0. The minimum atomic E-state index is 0. The van der Waals surface area contributed by atoms with Gasteiger partial charge in [-0.25, -0.2) is 0 Å². The van der Waals surface area contributed by atoms with Crippen LogP contribution in [0.25, 0.3) is 0 Å². The molecule has 0 aliphatic rings. The molecule has 0 aromatic rings. The van der Waals surface area contributed by atoms with Crippen molar-refractivity contribution in [1.29, 1.82) is 0 Å². The first-order chi connectivity index (χ1) is 2.94. The van der Waals surface area contributed by atoms with Gasteiger partial charge in [0.25, 0.3) is 0 Å². The molecule has 0 rings (SSSR count). The predicted molar refractivity (Wildman–Crippen MR) is 47.5 cm³/mol. The van der Waals surface area contributed by atoms with E-state index < -0.39 is 0 Å². The van der Waals surface area contributed by atoms with E-state index in [1.165, 1.54) is 5.92 Å². The average Bonchev–Trinajstić information content (AvgIpc) is 1.31. The predicted octanol–water partition coefficient (Wildman–Crippen LogP) is 3.92. The summed E-state index contributed by atoms with van der Waals surface area (Å²) < 4.78 is 0. The van der Waals surface area contributed by atoms with Crippen LogP contribution in [0.15, 0.2) is 0 Å². The normalized spacial score (nSPS) is 9.00. The van der Waals surface area contributed by atoms with Gasteiger partial charge in [-0.1, -0.05) is 35.6 Å². The molecule has 0 unspecified atom stereocenters. The average molecular weight is 315 g/mol. The maximum absolute atomic E-state index is 2.22. The van der Waals surface area contributed by atoms with E-state index in [9.17, 15) is 0 Å². The Morgan fingerprint density at radius 2 is 1.00 bits per heavy atom. The standard InChI is InChI=1S/C7H15.2CH4.W/c1-6(2)7(3,4)5;;;/h1-5H3;2*1H4;/q-1;;;. The van der Waals surface area contributed by atoms with Crippen LogP contribution in [0.1, 0.15) is 49.5 Å². The third-order valence-corrected chi connectivity index (χ3v) is 1.50. The van der Waals surface area contributed by atoms with Gasteiger partial charge in [0, 0.05) is 21.1 Å². The van der Waals surface area contributed by atoms with Gasteiger partial charge in [0.2, 0.25) is 0 Å². The Kier molecular flexibility index (Phi) is 17.5. The molecule has 66 valence electrons. The van der Waals surface area contributed by atoms with Crippen LogP contribution in [0.4, 0.5) is 0 Å². The Hall–Kier alpha value is 0.688. The fraction of sp³-hybridized carbons (Fsp3) is 0.889. The summed E-state index contributed by atoms with van der Waals surface area (Å²) in [5.41, 5.74) is 0.417. The smallest absolute Gasteiger partial charge is 0 e. The van der Waals surface area contributed by atoms with E-state index in [-0.39, 0.29) is 35.9 Å².